The third-order valence-corrected chi connectivity index (χ3v) is 4.89. The van der Waals surface area contributed by atoms with Gasteiger partial charge in [0.2, 0.25) is 0 Å². The molecule has 0 aromatic rings. The van der Waals surface area contributed by atoms with E-state index in [4.69, 9.17) is 14.2 Å². The summed E-state index contributed by atoms with van der Waals surface area (Å²) in [5.41, 5.74) is 2.10. The van der Waals surface area contributed by atoms with Crippen molar-refractivity contribution in [3.8, 4) is 0 Å². The summed E-state index contributed by atoms with van der Waals surface area (Å²) in [5.74, 6) is -0.827. The van der Waals surface area contributed by atoms with E-state index in [0.717, 1.165) is 31.7 Å². The van der Waals surface area contributed by atoms with Crippen molar-refractivity contribution in [3.63, 3.8) is 0 Å². The molecule has 0 aromatic heterocycles. The van der Waals surface area contributed by atoms with Crippen LogP contribution < -0.4 is 0 Å². The van der Waals surface area contributed by atoms with Gasteiger partial charge in [-0.3, -0.25) is 0 Å². The molecule has 1 atom stereocenters. The fraction of sp³-hybridized carbons (Fsp3) is 0.867. The van der Waals surface area contributed by atoms with Crippen LogP contribution in [0.15, 0.2) is 12.3 Å². The van der Waals surface area contributed by atoms with Crippen molar-refractivity contribution in [1.82, 2.24) is 0 Å². The molecule has 0 rings (SSSR count). The van der Waals surface area contributed by atoms with Crippen LogP contribution in [0, 0.1) is 0 Å². The second-order valence-corrected chi connectivity index (χ2v) is 7.98. The first-order valence-electron chi connectivity index (χ1n) is 7.68. The van der Waals surface area contributed by atoms with E-state index in [1.807, 2.05) is 0 Å². The number of hydrogen-bond acceptors (Lipinski definition) is 3. The van der Waals surface area contributed by atoms with E-state index in [1.54, 1.807) is 0 Å². The largest absolute Gasteiger partial charge is 0.327 e. The zero-order valence-electron chi connectivity index (χ0n) is 13.2. The maximum absolute atomic E-state index is 5.92. The first-order chi connectivity index (χ1) is 9.14. The monoisotopic (exact) mass is 288 g/mol. The lowest BCUT2D eigenvalue weighted by atomic mass is 10.3. The highest BCUT2D eigenvalue weighted by atomic mass is 28.3. The third-order valence-electron chi connectivity index (χ3n) is 2.89. The maximum atomic E-state index is 5.92. The minimum atomic E-state index is -0.859. The minimum absolute atomic E-state index is 0.678. The van der Waals surface area contributed by atoms with Crippen LogP contribution in [0.5, 0.6) is 0 Å². The van der Waals surface area contributed by atoms with E-state index in [2.05, 4.69) is 39.6 Å². The molecule has 0 saturated heterocycles. The molecular weight excluding hydrogens is 256 g/mol. The highest BCUT2D eigenvalue weighted by Crippen LogP contribution is 2.24. The summed E-state index contributed by atoms with van der Waals surface area (Å²) >= 11 is 0. The van der Waals surface area contributed by atoms with Crippen LogP contribution in [-0.4, -0.2) is 34.6 Å². The van der Waals surface area contributed by atoms with Crippen molar-refractivity contribution in [2.45, 2.75) is 65.0 Å². The lowest BCUT2D eigenvalue weighted by Gasteiger charge is -2.33. The summed E-state index contributed by atoms with van der Waals surface area (Å²) in [4.78, 5) is 0. The normalized spacial score (nSPS) is 13.5. The van der Waals surface area contributed by atoms with E-state index in [9.17, 15) is 0 Å². The molecule has 0 radical (unpaired) electrons. The molecule has 0 aliphatic heterocycles. The molecule has 0 spiro atoms. The Labute approximate surface area is 120 Å². The van der Waals surface area contributed by atoms with E-state index in [-0.39, 0.29) is 0 Å². The summed E-state index contributed by atoms with van der Waals surface area (Å²) in [6.07, 6.45) is 3.73. The Morgan fingerprint density at radius 3 is 1.68 bits per heavy atom. The van der Waals surface area contributed by atoms with Crippen molar-refractivity contribution in [3.05, 3.63) is 12.3 Å². The second-order valence-electron chi connectivity index (χ2n) is 4.98. The van der Waals surface area contributed by atoms with Gasteiger partial charge in [0.05, 0.1) is 28.6 Å². The van der Waals surface area contributed by atoms with Crippen molar-refractivity contribution >= 4 is 8.80 Å². The predicted octanol–water partition coefficient (Wildman–Crippen LogP) is 3.89. The van der Waals surface area contributed by atoms with Crippen molar-refractivity contribution in [2.24, 2.45) is 0 Å². The lowest BCUT2D eigenvalue weighted by molar-refractivity contribution is -0.381. The number of rotatable bonds is 13. The number of ether oxygens (including phenoxy) is 3. The summed E-state index contributed by atoms with van der Waals surface area (Å²) in [7, 11) is -0.859. The molecule has 0 aromatic carbocycles. The average Bonchev–Trinajstić information content (AvgIpc) is 2.45. The van der Waals surface area contributed by atoms with Crippen LogP contribution in [-0.2, 0) is 14.2 Å². The fourth-order valence-electron chi connectivity index (χ4n) is 1.64. The fourth-order valence-corrected chi connectivity index (χ4v) is 2.68. The second kappa shape index (κ2) is 11.6. The molecule has 0 fully saturated rings. The molecule has 4 heteroatoms. The van der Waals surface area contributed by atoms with Gasteiger partial charge in [-0.15, -0.1) is 12.3 Å². The minimum Gasteiger partial charge on any atom is -0.327 e. The Morgan fingerprint density at radius 1 is 0.947 bits per heavy atom. The standard InChI is InChI=1S/C15H32O3Si/c1-6-11-16-15(17-12-7-2,18-13-8-3)10-14-19(5)9-4/h9,19H,4,6-8,10-14H2,1-3,5H3. The van der Waals surface area contributed by atoms with Crippen LogP contribution in [0.4, 0.5) is 0 Å². The van der Waals surface area contributed by atoms with Gasteiger partial charge >= 0.3 is 0 Å². The molecule has 114 valence electrons. The van der Waals surface area contributed by atoms with Crippen molar-refractivity contribution < 1.29 is 14.2 Å². The average molecular weight is 289 g/mol. The Morgan fingerprint density at radius 2 is 1.37 bits per heavy atom. The van der Waals surface area contributed by atoms with Gasteiger partial charge in [-0.2, -0.15) is 0 Å². The highest BCUT2D eigenvalue weighted by molar-refractivity contribution is 6.62. The molecule has 19 heavy (non-hydrogen) atoms. The van der Waals surface area contributed by atoms with Gasteiger partial charge in [0.25, 0.3) is 5.97 Å². The summed E-state index contributed by atoms with van der Waals surface area (Å²) in [6.45, 7) is 14.5. The van der Waals surface area contributed by atoms with Gasteiger partial charge in [-0.25, -0.2) is 0 Å². The van der Waals surface area contributed by atoms with Crippen LogP contribution in [0.1, 0.15) is 46.5 Å². The Hall–Kier alpha value is -0.163. The van der Waals surface area contributed by atoms with Gasteiger partial charge in [0, 0.05) is 6.42 Å². The molecule has 0 bridgehead atoms. The van der Waals surface area contributed by atoms with Crippen LogP contribution in [0.25, 0.3) is 0 Å². The molecule has 0 saturated carbocycles. The SMILES string of the molecule is C=C[SiH](C)CCC(OCCC)(OCCC)OCCC. The molecular formula is C15H32O3Si. The number of hydrogen-bond donors (Lipinski definition) is 0. The van der Waals surface area contributed by atoms with Gasteiger partial charge in [0.1, 0.15) is 0 Å². The van der Waals surface area contributed by atoms with Crippen molar-refractivity contribution in [1.29, 1.82) is 0 Å². The Bertz CT molecular complexity index is 200. The van der Waals surface area contributed by atoms with Gasteiger partial charge in [0.15, 0.2) is 0 Å². The third kappa shape index (κ3) is 8.58. The molecule has 0 N–H and O–H groups in total. The Balaban J connectivity index is 4.60. The van der Waals surface area contributed by atoms with E-state index in [0.29, 0.717) is 19.8 Å². The first kappa shape index (κ1) is 18.8. The van der Waals surface area contributed by atoms with Gasteiger partial charge in [-0.1, -0.05) is 27.3 Å². The van der Waals surface area contributed by atoms with Gasteiger partial charge < -0.3 is 14.2 Å². The highest BCUT2D eigenvalue weighted by Gasteiger charge is 2.33. The van der Waals surface area contributed by atoms with E-state index in [1.165, 1.54) is 0 Å². The lowest BCUT2D eigenvalue weighted by Crippen LogP contribution is -2.41. The quantitative estimate of drug-likeness (QED) is 0.380. The molecule has 0 amide bonds. The molecule has 0 heterocycles. The molecule has 3 nitrogen and oxygen atoms in total. The smallest absolute Gasteiger partial charge is 0.282 e. The molecule has 1 unspecified atom stereocenters. The van der Waals surface area contributed by atoms with Gasteiger partial charge in [-0.05, 0) is 25.3 Å². The topological polar surface area (TPSA) is 27.7 Å². The summed E-state index contributed by atoms with van der Waals surface area (Å²) < 4.78 is 17.8. The zero-order chi connectivity index (χ0) is 14.6. The predicted molar refractivity (Wildman–Crippen MR) is 84.1 cm³/mol. The molecule has 0 aliphatic carbocycles. The zero-order valence-corrected chi connectivity index (χ0v) is 14.4. The first-order valence-corrected chi connectivity index (χ1v) is 10.3. The molecule has 0 aliphatic rings. The van der Waals surface area contributed by atoms with E-state index < -0.39 is 14.8 Å². The summed E-state index contributed by atoms with van der Waals surface area (Å²) in [5, 5.41) is 0. The van der Waals surface area contributed by atoms with Crippen molar-refractivity contribution in [2.75, 3.05) is 19.8 Å². The Kier molecular flexibility index (Phi) is 11.5. The summed E-state index contributed by atoms with van der Waals surface area (Å²) in [6, 6.07) is 1.10. The van der Waals surface area contributed by atoms with Crippen LogP contribution >= 0.6 is 0 Å². The van der Waals surface area contributed by atoms with Crippen LogP contribution in [0.3, 0.4) is 0 Å². The van der Waals surface area contributed by atoms with E-state index >= 15 is 0 Å². The maximum Gasteiger partial charge on any atom is 0.282 e. The van der Waals surface area contributed by atoms with Crippen LogP contribution in [0.2, 0.25) is 12.6 Å².